The van der Waals surface area contributed by atoms with Crippen LogP contribution in [-0.2, 0) is 0 Å². The topological polar surface area (TPSA) is 0 Å². The van der Waals surface area contributed by atoms with E-state index in [9.17, 15) is 0 Å². The zero-order valence-electron chi connectivity index (χ0n) is 6.94. The van der Waals surface area contributed by atoms with Crippen molar-refractivity contribution in [2.24, 2.45) is 5.92 Å². The molecule has 0 radical (unpaired) electrons. The third kappa shape index (κ3) is 2.96. The second-order valence-electron chi connectivity index (χ2n) is 3.29. The molecule has 0 bridgehead atoms. The van der Waals surface area contributed by atoms with Crippen LogP contribution < -0.4 is 0 Å². The molecule has 1 aliphatic rings. The van der Waals surface area contributed by atoms with Gasteiger partial charge < -0.3 is 0 Å². The van der Waals surface area contributed by atoms with Gasteiger partial charge in [0, 0.05) is 0 Å². The molecular weight excluding hydrogens is 140 g/mol. The van der Waals surface area contributed by atoms with Gasteiger partial charge in [-0.25, -0.2) is 0 Å². The molecule has 1 heteroatoms. The summed E-state index contributed by atoms with van der Waals surface area (Å²) in [5.41, 5.74) is 0. The Morgan fingerprint density at radius 3 is 2.60 bits per heavy atom. The highest BCUT2D eigenvalue weighted by Crippen LogP contribution is 2.28. The summed E-state index contributed by atoms with van der Waals surface area (Å²) in [5, 5.41) is 0. The Morgan fingerprint density at radius 2 is 2.00 bits per heavy atom. The zero-order chi connectivity index (χ0) is 7.23. The van der Waals surface area contributed by atoms with Gasteiger partial charge >= 0.3 is 0 Å². The van der Waals surface area contributed by atoms with Gasteiger partial charge in [0.25, 0.3) is 0 Å². The van der Waals surface area contributed by atoms with Gasteiger partial charge in [0.2, 0.25) is 0 Å². The first kappa shape index (κ1) is 8.45. The van der Waals surface area contributed by atoms with Gasteiger partial charge in [-0.2, -0.15) is 11.8 Å². The molecule has 1 saturated carbocycles. The summed E-state index contributed by atoms with van der Waals surface area (Å²) in [7, 11) is 0. The van der Waals surface area contributed by atoms with Crippen LogP contribution in [0.3, 0.4) is 0 Å². The van der Waals surface area contributed by atoms with E-state index < -0.39 is 0 Å². The summed E-state index contributed by atoms with van der Waals surface area (Å²) in [6, 6.07) is 0. The van der Waals surface area contributed by atoms with Gasteiger partial charge in [-0.05, 0) is 30.8 Å². The predicted molar refractivity (Wildman–Crippen MR) is 49.6 cm³/mol. The molecule has 0 unspecified atom stereocenters. The Kier molecular flexibility index (Phi) is 4.27. The molecule has 1 rings (SSSR count). The van der Waals surface area contributed by atoms with Crippen molar-refractivity contribution in [1.29, 1.82) is 0 Å². The van der Waals surface area contributed by atoms with Crippen LogP contribution in [-0.4, -0.2) is 12.0 Å². The average Bonchev–Trinajstić information content (AvgIpc) is 2.41. The van der Waals surface area contributed by atoms with Crippen LogP contribution in [0, 0.1) is 5.92 Å². The minimum absolute atomic E-state index is 1.10. The molecule has 0 aromatic heterocycles. The third-order valence-electron chi connectivity index (χ3n) is 2.44. The van der Waals surface area contributed by atoms with Crippen molar-refractivity contribution < 1.29 is 0 Å². The Bertz CT molecular complexity index is 74.8. The van der Waals surface area contributed by atoms with Crippen molar-refractivity contribution in [2.75, 3.05) is 12.0 Å². The maximum atomic E-state index is 2.20. The fourth-order valence-corrected chi connectivity index (χ4v) is 2.27. The number of hydrogen-bond acceptors (Lipinski definition) is 1. The van der Waals surface area contributed by atoms with Gasteiger partial charge in [-0.3, -0.25) is 0 Å². The standard InChI is InChI=1S/C9H18S/c1-10-8-4-7-9-5-2-3-6-9/h9H,2-8H2,1H3. The summed E-state index contributed by atoms with van der Waals surface area (Å²) in [5.74, 6) is 2.48. The van der Waals surface area contributed by atoms with Crippen molar-refractivity contribution >= 4 is 11.8 Å². The van der Waals surface area contributed by atoms with Crippen LogP contribution >= 0.6 is 11.8 Å². The number of thioether (sulfide) groups is 1. The second-order valence-corrected chi connectivity index (χ2v) is 4.27. The lowest BCUT2D eigenvalue weighted by Gasteiger charge is -2.06. The maximum Gasteiger partial charge on any atom is -0.00702 e. The Labute approximate surface area is 68.8 Å². The SMILES string of the molecule is CSCCCC1CCCC1. The monoisotopic (exact) mass is 158 g/mol. The molecule has 0 spiro atoms. The molecule has 1 aliphatic carbocycles. The number of rotatable bonds is 4. The Balaban J connectivity index is 1.91. The minimum Gasteiger partial charge on any atom is -0.165 e. The van der Waals surface area contributed by atoms with E-state index in [4.69, 9.17) is 0 Å². The maximum absolute atomic E-state index is 2.20. The predicted octanol–water partition coefficient (Wildman–Crippen LogP) is 3.32. The van der Waals surface area contributed by atoms with Gasteiger partial charge in [-0.15, -0.1) is 0 Å². The van der Waals surface area contributed by atoms with E-state index in [1.54, 1.807) is 0 Å². The highest BCUT2D eigenvalue weighted by molar-refractivity contribution is 7.98. The summed E-state index contributed by atoms with van der Waals surface area (Å²) in [6.07, 6.45) is 11.2. The molecule has 0 aliphatic heterocycles. The average molecular weight is 158 g/mol. The molecule has 0 saturated heterocycles. The van der Waals surface area contributed by atoms with Gasteiger partial charge in [0.05, 0.1) is 0 Å². The lowest BCUT2D eigenvalue weighted by Crippen LogP contribution is -1.93. The molecular formula is C9H18S. The first-order valence-electron chi connectivity index (χ1n) is 4.42. The van der Waals surface area contributed by atoms with Crippen molar-refractivity contribution in [2.45, 2.75) is 38.5 Å². The molecule has 0 atom stereocenters. The molecule has 0 amide bonds. The first-order chi connectivity index (χ1) is 4.93. The van der Waals surface area contributed by atoms with Crippen LogP contribution in [0.4, 0.5) is 0 Å². The summed E-state index contributed by atoms with van der Waals surface area (Å²) >= 11 is 1.98. The molecule has 0 heterocycles. The van der Waals surface area contributed by atoms with Crippen molar-refractivity contribution in [3.63, 3.8) is 0 Å². The minimum atomic E-state index is 1.10. The van der Waals surface area contributed by atoms with E-state index in [1.165, 1.54) is 44.3 Å². The lowest BCUT2D eigenvalue weighted by molar-refractivity contribution is 0.499. The van der Waals surface area contributed by atoms with Crippen molar-refractivity contribution in [3.05, 3.63) is 0 Å². The van der Waals surface area contributed by atoms with Crippen molar-refractivity contribution in [1.82, 2.24) is 0 Å². The highest BCUT2D eigenvalue weighted by Gasteiger charge is 2.13. The van der Waals surface area contributed by atoms with E-state index >= 15 is 0 Å². The fraction of sp³-hybridized carbons (Fsp3) is 1.00. The Morgan fingerprint density at radius 1 is 1.30 bits per heavy atom. The van der Waals surface area contributed by atoms with Crippen LogP contribution in [0.1, 0.15) is 38.5 Å². The smallest absolute Gasteiger partial charge is 0.00702 e. The number of hydrogen-bond donors (Lipinski definition) is 0. The van der Waals surface area contributed by atoms with Gasteiger partial charge in [0.1, 0.15) is 0 Å². The van der Waals surface area contributed by atoms with Gasteiger partial charge in [-0.1, -0.05) is 25.7 Å². The third-order valence-corrected chi connectivity index (χ3v) is 3.13. The molecule has 0 aromatic carbocycles. The molecule has 60 valence electrons. The summed E-state index contributed by atoms with van der Waals surface area (Å²) in [6.45, 7) is 0. The van der Waals surface area contributed by atoms with E-state index in [1.807, 2.05) is 11.8 Å². The molecule has 0 aromatic rings. The first-order valence-corrected chi connectivity index (χ1v) is 5.82. The Hall–Kier alpha value is 0.350. The van der Waals surface area contributed by atoms with E-state index in [0.717, 1.165) is 5.92 Å². The normalized spacial score (nSPS) is 20.1. The van der Waals surface area contributed by atoms with Crippen LogP contribution in [0.15, 0.2) is 0 Å². The van der Waals surface area contributed by atoms with Crippen LogP contribution in [0.25, 0.3) is 0 Å². The quantitative estimate of drug-likeness (QED) is 0.566. The van der Waals surface area contributed by atoms with Crippen LogP contribution in [0.5, 0.6) is 0 Å². The fourth-order valence-electron chi connectivity index (χ4n) is 1.82. The van der Waals surface area contributed by atoms with Crippen molar-refractivity contribution in [3.8, 4) is 0 Å². The summed E-state index contributed by atoms with van der Waals surface area (Å²) in [4.78, 5) is 0. The highest BCUT2D eigenvalue weighted by atomic mass is 32.2. The van der Waals surface area contributed by atoms with E-state index in [-0.39, 0.29) is 0 Å². The zero-order valence-corrected chi connectivity index (χ0v) is 7.75. The largest absolute Gasteiger partial charge is 0.165 e. The summed E-state index contributed by atoms with van der Waals surface area (Å²) < 4.78 is 0. The molecule has 10 heavy (non-hydrogen) atoms. The second kappa shape index (κ2) is 5.06. The van der Waals surface area contributed by atoms with E-state index in [0.29, 0.717) is 0 Å². The van der Waals surface area contributed by atoms with Crippen LogP contribution in [0.2, 0.25) is 0 Å². The van der Waals surface area contributed by atoms with E-state index in [2.05, 4.69) is 6.26 Å². The molecule has 1 fully saturated rings. The molecule has 0 nitrogen and oxygen atoms in total. The van der Waals surface area contributed by atoms with Gasteiger partial charge in [0.15, 0.2) is 0 Å². The lowest BCUT2D eigenvalue weighted by atomic mass is 10.0. The molecule has 0 N–H and O–H groups in total.